The molecule has 0 bridgehead atoms. The molecule has 0 aliphatic heterocycles. The summed E-state index contributed by atoms with van der Waals surface area (Å²) in [6, 6.07) is 11.8. The fourth-order valence-corrected chi connectivity index (χ4v) is 2.91. The van der Waals surface area contributed by atoms with Gasteiger partial charge in [0.05, 0.1) is 30.7 Å². The summed E-state index contributed by atoms with van der Waals surface area (Å²) in [5.41, 5.74) is 10.7. The van der Waals surface area contributed by atoms with Crippen LogP contribution in [-0.4, -0.2) is 23.3 Å². The lowest BCUT2D eigenvalue weighted by atomic mass is 10.1. The zero-order valence-corrected chi connectivity index (χ0v) is 15.2. The van der Waals surface area contributed by atoms with Crippen LogP contribution in [0, 0.1) is 13.8 Å². The van der Waals surface area contributed by atoms with Crippen LogP contribution in [0.15, 0.2) is 36.4 Å². The highest BCUT2D eigenvalue weighted by Gasteiger charge is 2.15. The number of aromatic nitrogens is 2. The first-order chi connectivity index (χ1) is 12.0. The Labute approximate surface area is 148 Å². The zero-order valence-electron chi connectivity index (χ0n) is 15.2. The van der Waals surface area contributed by atoms with Gasteiger partial charge in [-0.1, -0.05) is 0 Å². The van der Waals surface area contributed by atoms with Crippen molar-refractivity contribution < 1.29 is 9.47 Å². The van der Waals surface area contributed by atoms with E-state index in [1.54, 1.807) is 7.11 Å². The van der Waals surface area contributed by atoms with Gasteiger partial charge in [0, 0.05) is 0 Å². The van der Waals surface area contributed by atoms with Gasteiger partial charge in [0.25, 0.3) is 0 Å². The molecule has 0 radical (unpaired) electrons. The Kier molecular flexibility index (Phi) is 4.95. The molecule has 2 N–H and O–H groups in total. The van der Waals surface area contributed by atoms with Gasteiger partial charge < -0.3 is 19.8 Å². The van der Waals surface area contributed by atoms with Crippen LogP contribution in [0.5, 0.6) is 11.5 Å². The zero-order chi connectivity index (χ0) is 18.0. The topological polar surface area (TPSA) is 62.3 Å². The number of fused-ring (bicyclic) bond motifs is 1. The van der Waals surface area contributed by atoms with Crippen molar-refractivity contribution in [3.63, 3.8) is 0 Å². The normalized spacial score (nSPS) is 12.4. The molecule has 1 heterocycles. The summed E-state index contributed by atoms with van der Waals surface area (Å²) in [6.45, 7) is 7.42. The first kappa shape index (κ1) is 17.3. The van der Waals surface area contributed by atoms with Crippen molar-refractivity contribution in [3.8, 4) is 11.5 Å². The average Bonchev–Trinajstić information content (AvgIpc) is 2.94. The largest absolute Gasteiger partial charge is 0.497 e. The molecule has 0 saturated heterocycles. The maximum Gasteiger partial charge on any atom is 0.126 e. The standard InChI is InChI=1S/C20H25N3O2/c1-13-11-18-19(12-14(13)2)23(20(22-18)15(3)21)9-10-25-17-7-5-16(24-4)6-8-17/h5-8,11-12,15H,9-10,21H2,1-4H3. The van der Waals surface area contributed by atoms with Crippen LogP contribution in [0.3, 0.4) is 0 Å². The van der Waals surface area contributed by atoms with Crippen molar-refractivity contribution >= 4 is 11.0 Å². The third kappa shape index (κ3) is 3.61. The van der Waals surface area contributed by atoms with Gasteiger partial charge in [-0.15, -0.1) is 0 Å². The van der Waals surface area contributed by atoms with Gasteiger partial charge in [-0.05, 0) is 68.3 Å². The summed E-state index contributed by atoms with van der Waals surface area (Å²) in [7, 11) is 1.65. The van der Waals surface area contributed by atoms with E-state index in [1.807, 2.05) is 31.2 Å². The molecule has 1 unspecified atom stereocenters. The number of nitrogens with two attached hydrogens (primary N) is 1. The third-order valence-electron chi connectivity index (χ3n) is 4.44. The lowest BCUT2D eigenvalue weighted by molar-refractivity contribution is 0.297. The molecule has 0 saturated carbocycles. The molecule has 2 aromatic carbocycles. The molecule has 1 aromatic heterocycles. The molecule has 0 amide bonds. The average molecular weight is 339 g/mol. The van der Waals surface area contributed by atoms with Crippen LogP contribution in [0.2, 0.25) is 0 Å². The molecule has 5 heteroatoms. The molecule has 0 fully saturated rings. The second-order valence-electron chi connectivity index (χ2n) is 6.36. The van der Waals surface area contributed by atoms with Gasteiger partial charge in [0.15, 0.2) is 0 Å². The van der Waals surface area contributed by atoms with Crippen molar-refractivity contribution in [1.29, 1.82) is 0 Å². The Balaban J connectivity index is 1.81. The van der Waals surface area contributed by atoms with Gasteiger partial charge in [-0.3, -0.25) is 0 Å². The minimum atomic E-state index is -0.131. The minimum Gasteiger partial charge on any atom is -0.497 e. The van der Waals surface area contributed by atoms with Crippen molar-refractivity contribution in [2.24, 2.45) is 5.73 Å². The molecule has 3 rings (SSSR count). The first-order valence-corrected chi connectivity index (χ1v) is 8.49. The summed E-state index contributed by atoms with van der Waals surface area (Å²) >= 11 is 0. The van der Waals surface area contributed by atoms with E-state index in [9.17, 15) is 0 Å². The molecule has 25 heavy (non-hydrogen) atoms. The second kappa shape index (κ2) is 7.15. The van der Waals surface area contributed by atoms with Crippen LogP contribution in [0.4, 0.5) is 0 Å². The fourth-order valence-electron chi connectivity index (χ4n) is 2.91. The van der Waals surface area contributed by atoms with Crippen molar-refractivity contribution in [2.45, 2.75) is 33.4 Å². The Morgan fingerprint density at radius 2 is 1.72 bits per heavy atom. The Hall–Kier alpha value is -2.53. The molecule has 0 spiro atoms. The number of nitrogens with zero attached hydrogens (tertiary/aromatic N) is 2. The highest BCUT2D eigenvalue weighted by Crippen LogP contribution is 2.23. The number of ether oxygens (including phenoxy) is 2. The van der Waals surface area contributed by atoms with E-state index in [1.165, 1.54) is 11.1 Å². The van der Waals surface area contributed by atoms with E-state index in [4.69, 9.17) is 20.2 Å². The molecule has 0 aliphatic rings. The van der Waals surface area contributed by atoms with Gasteiger partial charge in [-0.25, -0.2) is 4.98 Å². The highest BCUT2D eigenvalue weighted by atomic mass is 16.5. The van der Waals surface area contributed by atoms with E-state index in [0.717, 1.165) is 28.4 Å². The second-order valence-corrected chi connectivity index (χ2v) is 6.36. The van der Waals surface area contributed by atoms with Crippen molar-refractivity contribution in [2.75, 3.05) is 13.7 Å². The number of aryl methyl sites for hydroxylation is 2. The monoisotopic (exact) mass is 339 g/mol. The molecular formula is C20H25N3O2. The summed E-state index contributed by atoms with van der Waals surface area (Å²) in [5.74, 6) is 2.52. The van der Waals surface area contributed by atoms with Gasteiger partial charge in [0.2, 0.25) is 0 Å². The molecular weight excluding hydrogens is 314 g/mol. The van der Waals surface area contributed by atoms with Crippen LogP contribution in [0.25, 0.3) is 11.0 Å². The summed E-state index contributed by atoms with van der Waals surface area (Å²) in [5, 5.41) is 0. The number of hydrogen-bond donors (Lipinski definition) is 1. The van der Waals surface area contributed by atoms with Crippen LogP contribution < -0.4 is 15.2 Å². The molecule has 1 atom stereocenters. The Morgan fingerprint density at radius 3 is 2.36 bits per heavy atom. The fraction of sp³-hybridized carbons (Fsp3) is 0.350. The quantitative estimate of drug-likeness (QED) is 0.743. The highest BCUT2D eigenvalue weighted by molar-refractivity contribution is 5.78. The smallest absolute Gasteiger partial charge is 0.126 e. The number of imidazole rings is 1. The van der Waals surface area contributed by atoms with Crippen LogP contribution in [-0.2, 0) is 6.54 Å². The summed E-state index contributed by atoms with van der Waals surface area (Å²) in [4.78, 5) is 4.73. The number of methoxy groups -OCH3 is 1. The maximum atomic E-state index is 6.13. The molecule has 132 valence electrons. The van der Waals surface area contributed by atoms with Gasteiger partial charge in [0.1, 0.15) is 23.9 Å². The van der Waals surface area contributed by atoms with E-state index in [-0.39, 0.29) is 6.04 Å². The predicted molar refractivity (Wildman–Crippen MR) is 100 cm³/mol. The van der Waals surface area contributed by atoms with Gasteiger partial charge in [-0.2, -0.15) is 0 Å². The minimum absolute atomic E-state index is 0.131. The van der Waals surface area contributed by atoms with E-state index >= 15 is 0 Å². The summed E-state index contributed by atoms with van der Waals surface area (Å²) in [6.07, 6.45) is 0. The third-order valence-corrected chi connectivity index (χ3v) is 4.44. The molecule has 0 aliphatic carbocycles. The van der Waals surface area contributed by atoms with E-state index in [2.05, 4.69) is 30.5 Å². The van der Waals surface area contributed by atoms with Crippen LogP contribution >= 0.6 is 0 Å². The van der Waals surface area contributed by atoms with Crippen LogP contribution in [0.1, 0.15) is 29.9 Å². The Bertz CT molecular complexity index is 867. The van der Waals surface area contributed by atoms with Crippen molar-refractivity contribution in [3.05, 3.63) is 53.3 Å². The SMILES string of the molecule is COc1ccc(OCCn2c(C(C)N)nc3cc(C)c(C)cc32)cc1. The molecule has 5 nitrogen and oxygen atoms in total. The van der Waals surface area contributed by atoms with E-state index in [0.29, 0.717) is 13.2 Å². The lowest BCUT2D eigenvalue weighted by Crippen LogP contribution is -2.16. The van der Waals surface area contributed by atoms with Gasteiger partial charge >= 0.3 is 0 Å². The summed E-state index contributed by atoms with van der Waals surface area (Å²) < 4.78 is 13.2. The lowest BCUT2D eigenvalue weighted by Gasteiger charge is -2.13. The molecule has 3 aromatic rings. The van der Waals surface area contributed by atoms with Crippen molar-refractivity contribution in [1.82, 2.24) is 9.55 Å². The number of hydrogen-bond acceptors (Lipinski definition) is 4. The maximum absolute atomic E-state index is 6.13. The Morgan fingerprint density at radius 1 is 1.08 bits per heavy atom. The number of rotatable bonds is 6. The first-order valence-electron chi connectivity index (χ1n) is 8.49. The van der Waals surface area contributed by atoms with E-state index < -0.39 is 0 Å². The predicted octanol–water partition coefficient (Wildman–Crippen LogP) is 3.76. The number of benzene rings is 2.